The van der Waals surface area contributed by atoms with Crippen LogP contribution in [0.2, 0.25) is 0 Å². The topological polar surface area (TPSA) is 98.8 Å². The molecule has 0 amide bonds. The Morgan fingerprint density at radius 2 is 1.63 bits per heavy atom. The number of nitrogens with zero attached hydrogens (tertiary/aromatic N) is 3. The van der Waals surface area contributed by atoms with Gasteiger partial charge in [0.25, 0.3) is 0 Å². The molecule has 0 bridgehead atoms. The fourth-order valence-corrected chi connectivity index (χ4v) is 1.78. The Labute approximate surface area is 109 Å². The molecule has 0 aliphatic carbocycles. The van der Waals surface area contributed by atoms with Crippen LogP contribution >= 0.6 is 0 Å². The van der Waals surface area contributed by atoms with Crippen molar-refractivity contribution in [3.8, 4) is 0 Å². The van der Waals surface area contributed by atoms with E-state index in [-0.39, 0.29) is 23.6 Å². The van der Waals surface area contributed by atoms with Crippen LogP contribution in [0.1, 0.15) is 19.4 Å². The molecule has 0 aromatic heterocycles. The van der Waals surface area contributed by atoms with Crippen LogP contribution in [0.4, 0.5) is 17.1 Å². The maximum Gasteiger partial charge on any atom is 0.302 e. The van der Waals surface area contributed by atoms with Crippen LogP contribution in [0, 0.1) is 20.2 Å². The second-order valence-corrected chi connectivity index (χ2v) is 3.73. The van der Waals surface area contributed by atoms with Crippen LogP contribution in [0.15, 0.2) is 12.1 Å². The van der Waals surface area contributed by atoms with Crippen molar-refractivity contribution in [2.45, 2.75) is 20.3 Å². The minimum absolute atomic E-state index is 0.128. The predicted molar refractivity (Wildman–Crippen MR) is 69.2 cm³/mol. The van der Waals surface area contributed by atoms with E-state index in [2.05, 4.69) is 0 Å². The van der Waals surface area contributed by atoms with Gasteiger partial charge in [0.1, 0.15) is 0 Å². The third-order valence-electron chi connectivity index (χ3n) is 2.69. The molecular weight excluding hydrogens is 254 g/mol. The smallest absolute Gasteiger partial charge is 0.276 e. The molecule has 104 valence electrons. The minimum atomic E-state index is -0.636. The number of rotatable bonds is 6. The summed E-state index contributed by atoms with van der Waals surface area (Å²) < 4.78 is 0. The van der Waals surface area contributed by atoms with E-state index >= 15 is 0 Å². The Balaban J connectivity index is 3.62. The molecule has 1 aromatic rings. The number of hydrogen-bond acceptors (Lipinski definition) is 6. The number of benzene rings is 1. The summed E-state index contributed by atoms with van der Waals surface area (Å²) >= 11 is 0. The molecule has 1 aromatic carbocycles. The molecule has 0 saturated carbocycles. The van der Waals surface area contributed by atoms with E-state index in [9.17, 15) is 20.2 Å². The van der Waals surface area contributed by atoms with Crippen molar-refractivity contribution in [2.24, 2.45) is 0 Å². The van der Waals surface area contributed by atoms with Crippen molar-refractivity contribution < 1.29 is 14.7 Å². The van der Waals surface area contributed by atoms with Crippen molar-refractivity contribution in [2.75, 3.05) is 18.7 Å². The molecule has 0 heterocycles. The van der Waals surface area contributed by atoms with Gasteiger partial charge in [-0.05, 0) is 18.9 Å². The van der Waals surface area contributed by atoms with Crippen LogP contribution in [0.25, 0.3) is 0 Å². The van der Waals surface area contributed by atoms with E-state index in [1.165, 1.54) is 19.2 Å². The molecule has 0 aliphatic heterocycles. The number of anilines is 1. The van der Waals surface area contributed by atoms with Crippen molar-refractivity contribution in [3.63, 3.8) is 0 Å². The molecule has 1 rings (SSSR count). The molecule has 0 N–H and O–H groups in total. The van der Waals surface area contributed by atoms with Crippen LogP contribution in [0.3, 0.4) is 0 Å². The highest BCUT2D eigenvalue weighted by molar-refractivity contribution is 5.75. The number of nitro benzene ring substituents is 2. The van der Waals surface area contributed by atoms with Gasteiger partial charge >= 0.3 is 11.4 Å². The molecule has 0 radical (unpaired) electrons. The maximum atomic E-state index is 11.1. The molecule has 0 atom stereocenters. The molecule has 19 heavy (non-hydrogen) atoms. The molecule has 0 spiro atoms. The molecule has 8 heteroatoms. The molecule has 0 aliphatic rings. The first-order chi connectivity index (χ1) is 8.96. The monoisotopic (exact) mass is 269 g/mol. The van der Waals surface area contributed by atoms with Crippen molar-refractivity contribution in [1.29, 1.82) is 0 Å². The second kappa shape index (κ2) is 6.10. The zero-order valence-electron chi connectivity index (χ0n) is 11.0. The van der Waals surface area contributed by atoms with Gasteiger partial charge in [-0.15, -0.1) is 0 Å². The minimum Gasteiger partial charge on any atom is -0.276 e. The van der Waals surface area contributed by atoms with Gasteiger partial charge in [0.05, 0.1) is 17.0 Å². The van der Waals surface area contributed by atoms with Gasteiger partial charge in [0.2, 0.25) is 5.69 Å². The van der Waals surface area contributed by atoms with Crippen LogP contribution < -0.4 is 5.06 Å². The van der Waals surface area contributed by atoms with Gasteiger partial charge in [-0.25, -0.2) is 5.06 Å². The lowest BCUT2D eigenvalue weighted by Gasteiger charge is -2.19. The van der Waals surface area contributed by atoms with E-state index < -0.39 is 9.85 Å². The Kier molecular flexibility index (Phi) is 4.76. The van der Waals surface area contributed by atoms with E-state index in [0.717, 1.165) is 5.06 Å². The Bertz CT molecular complexity index is 464. The average Bonchev–Trinajstić information content (AvgIpc) is 2.39. The van der Waals surface area contributed by atoms with Crippen molar-refractivity contribution in [3.05, 3.63) is 37.9 Å². The standard InChI is InChI=1S/C11H15N3O5/c1-4-8-6-9(13(15)16)11(12(5-2)19-3)10(7-8)14(17)18/h6-7H,4-5H2,1-3H3. The number of hydroxylamine groups is 1. The van der Waals surface area contributed by atoms with Crippen molar-refractivity contribution in [1.82, 2.24) is 0 Å². The van der Waals surface area contributed by atoms with Gasteiger partial charge in [-0.3, -0.25) is 25.1 Å². The lowest BCUT2D eigenvalue weighted by molar-refractivity contribution is -0.393. The molecule has 0 unspecified atom stereocenters. The molecule has 0 fully saturated rings. The summed E-state index contributed by atoms with van der Waals surface area (Å²) in [6.07, 6.45) is 0.473. The third-order valence-corrected chi connectivity index (χ3v) is 2.69. The normalized spacial score (nSPS) is 10.3. The summed E-state index contributed by atoms with van der Waals surface area (Å²) in [7, 11) is 1.31. The lowest BCUT2D eigenvalue weighted by Crippen LogP contribution is -2.23. The third kappa shape index (κ3) is 2.97. The summed E-state index contributed by atoms with van der Waals surface area (Å²) in [4.78, 5) is 25.9. The van der Waals surface area contributed by atoms with Gasteiger partial charge in [-0.2, -0.15) is 0 Å². The summed E-state index contributed by atoms with van der Waals surface area (Å²) in [6.45, 7) is 3.71. The van der Waals surface area contributed by atoms with E-state index in [1.54, 1.807) is 13.8 Å². The van der Waals surface area contributed by atoms with E-state index in [4.69, 9.17) is 4.84 Å². The maximum absolute atomic E-state index is 11.1. The molecule has 0 saturated heterocycles. The van der Waals surface area contributed by atoms with Crippen LogP contribution in [0.5, 0.6) is 0 Å². The van der Waals surface area contributed by atoms with Gasteiger partial charge in [0.15, 0.2) is 0 Å². The number of nitro groups is 2. The second-order valence-electron chi connectivity index (χ2n) is 3.73. The molecule has 8 nitrogen and oxygen atoms in total. The highest BCUT2D eigenvalue weighted by atomic mass is 16.7. The predicted octanol–water partition coefficient (Wildman–Crippen LogP) is 2.45. The van der Waals surface area contributed by atoms with E-state index in [0.29, 0.717) is 12.0 Å². The fourth-order valence-electron chi connectivity index (χ4n) is 1.78. The largest absolute Gasteiger partial charge is 0.302 e. The van der Waals surface area contributed by atoms with Gasteiger partial charge < -0.3 is 0 Å². The molecular formula is C11H15N3O5. The lowest BCUT2D eigenvalue weighted by atomic mass is 10.1. The number of aryl methyl sites for hydroxylation is 1. The first kappa shape index (κ1) is 14.8. The van der Waals surface area contributed by atoms with Crippen molar-refractivity contribution >= 4 is 17.1 Å². The average molecular weight is 269 g/mol. The Morgan fingerprint density at radius 3 is 1.89 bits per heavy atom. The fraction of sp³-hybridized carbons (Fsp3) is 0.455. The summed E-state index contributed by atoms with van der Waals surface area (Å²) in [6, 6.07) is 2.67. The zero-order chi connectivity index (χ0) is 14.6. The van der Waals surface area contributed by atoms with Gasteiger partial charge in [0, 0.05) is 18.7 Å². The SMILES string of the molecule is CCc1cc([N+](=O)[O-])c(N(CC)OC)c([N+](=O)[O-])c1. The summed E-state index contributed by atoms with van der Waals surface area (Å²) in [5.74, 6) is 0. The first-order valence-corrected chi connectivity index (χ1v) is 5.73. The number of hydrogen-bond donors (Lipinski definition) is 0. The van der Waals surface area contributed by atoms with E-state index in [1.807, 2.05) is 0 Å². The quantitative estimate of drug-likeness (QED) is 0.581. The van der Waals surface area contributed by atoms with Gasteiger partial charge in [-0.1, -0.05) is 6.92 Å². The Hall–Kier alpha value is -2.22. The van der Waals surface area contributed by atoms with Crippen LogP contribution in [-0.4, -0.2) is 23.5 Å². The zero-order valence-corrected chi connectivity index (χ0v) is 11.0. The Morgan fingerprint density at radius 1 is 1.16 bits per heavy atom. The highest BCUT2D eigenvalue weighted by Crippen LogP contribution is 2.38. The summed E-state index contributed by atoms with van der Waals surface area (Å²) in [5, 5.41) is 23.3. The summed E-state index contributed by atoms with van der Waals surface area (Å²) in [5.41, 5.74) is -0.240. The first-order valence-electron chi connectivity index (χ1n) is 5.73. The highest BCUT2D eigenvalue weighted by Gasteiger charge is 2.30. The van der Waals surface area contributed by atoms with Crippen LogP contribution in [-0.2, 0) is 11.3 Å².